The minimum absolute atomic E-state index is 0.417. The van der Waals surface area contributed by atoms with Crippen LogP contribution in [0.1, 0.15) is 18.5 Å². The molecule has 3 rings (SSSR count). The van der Waals surface area contributed by atoms with E-state index in [1.165, 1.54) is 11.3 Å². The third kappa shape index (κ3) is 3.46. The highest BCUT2D eigenvalue weighted by Crippen LogP contribution is 2.32. The lowest BCUT2D eigenvalue weighted by molar-refractivity contribution is 0.198. The second-order valence-electron chi connectivity index (χ2n) is 6.02. The first-order chi connectivity index (χ1) is 11.7. The van der Waals surface area contributed by atoms with Gasteiger partial charge in [-0.2, -0.15) is 0 Å². The maximum absolute atomic E-state index is 5.42. The number of hydrogen-bond acceptors (Lipinski definition) is 5. The second kappa shape index (κ2) is 7.53. The number of piperazine rings is 1. The van der Waals surface area contributed by atoms with E-state index < -0.39 is 0 Å². The monoisotopic (exact) mass is 327 g/mol. The van der Waals surface area contributed by atoms with Gasteiger partial charge in [0.15, 0.2) is 11.5 Å². The standard InChI is InChI=1S/C19H25N3O2/c1-15(16-6-8-20-9-7-16)21-10-12-22(13-11-21)17-4-5-18(23-2)19(14-17)24-3/h4-9,14-15H,10-13H2,1-3H3. The molecule has 2 heterocycles. The van der Waals surface area contributed by atoms with Crippen LogP contribution in [-0.2, 0) is 0 Å². The topological polar surface area (TPSA) is 37.8 Å². The quantitative estimate of drug-likeness (QED) is 0.844. The van der Waals surface area contributed by atoms with Crippen LogP contribution in [0.2, 0.25) is 0 Å². The van der Waals surface area contributed by atoms with Gasteiger partial charge in [-0.1, -0.05) is 0 Å². The van der Waals surface area contributed by atoms with E-state index in [2.05, 4.69) is 46.0 Å². The molecule has 1 aromatic heterocycles. The third-order valence-electron chi connectivity index (χ3n) is 4.78. The number of methoxy groups -OCH3 is 2. The summed E-state index contributed by atoms with van der Waals surface area (Å²) in [5, 5.41) is 0. The van der Waals surface area contributed by atoms with Crippen LogP contribution in [0.5, 0.6) is 11.5 Å². The molecule has 1 aliphatic heterocycles. The molecule has 0 amide bonds. The van der Waals surface area contributed by atoms with Crippen LogP contribution in [-0.4, -0.2) is 50.3 Å². The van der Waals surface area contributed by atoms with Crippen molar-refractivity contribution >= 4 is 5.69 Å². The molecule has 0 bridgehead atoms. The Kier molecular flexibility index (Phi) is 5.20. The molecule has 0 N–H and O–H groups in total. The molecule has 1 unspecified atom stereocenters. The molecular formula is C19H25N3O2. The van der Waals surface area contributed by atoms with Gasteiger partial charge in [-0.15, -0.1) is 0 Å². The fourth-order valence-electron chi connectivity index (χ4n) is 3.24. The van der Waals surface area contributed by atoms with Crippen molar-refractivity contribution in [3.63, 3.8) is 0 Å². The van der Waals surface area contributed by atoms with Gasteiger partial charge in [0.1, 0.15) is 0 Å². The molecule has 2 aromatic rings. The number of anilines is 1. The first kappa shape index (κ1) is 16.6. The van der Waals surface area contributed by atoms with E-state index in [1.807, 2.05) is 18.5 Å². The van der Waals surface area contributed by atoms with Crippen molar-refractivity contribution in [1.29, 1.82) is 0 Å². The van der Waals surface area contributed by atoms with Crippen molar-refractivity contribution in [3.05, 3.63) is 48.3 Å². The average molecular weight is 327 g/mol. The molecule has 1 aromatic carbocycles. The molecule has 5 nitrogen and oxygen atoms in total. The highest BCUT2D eigenvalue weighted by molar-refractivity contribution is 5.56. The lowest BCUT2D eigenvalue weighted by Crippen LogP contribution is -2.47. The Labute approximate surface area is 143 Å². The number of nitrogens with zero attached hydrogens (tertiary/aromatic N) is 3. The Morgan fingerprint density at radius 2 is 1.58 bits per heavy atom. The van der Waals surface area contributed by atoms with Gasteiger partial charge in [-0.05, 0) is 36.8 Å². The van der Waals surface area contributed by atoms with Crippen molar-refractivity contribution in [2.24, 2.45) is 0 Å². The van der Waals surface area contributed by atoms with Gasteiger partial charge in [-0.3, -0.25) is 9.88 Å². The van der Waals surface area contributed by atoms with E-state index in [0.29, 0.717) is 6.04 Å². The summed E-state index contributed by atoms with van der Waals surface area (Å²) in [7, 11) is 3.34. The molecule has 24 heavy (non-hydrogen) atoms. The normalized spacial score (nSPS) is 16.7. The van der Waals surface area contributed by atoms with Crippen molar-refractivity contribution in [2.45, 2.75) is 13.0 Å². The molecule has 1 aliphatic rings. The Bertz CT molecular complexity index is 655. The van der Waals surface area contributed by atoms with Crippen LogP contribution in [0.4, 0.5) is 5.69 Å². The summed E-state index contributed by atoms with van der Waals surface area (Å²) >= 11 is 0. The van der Waals surface area contributed by atoms with Crippen LogP contribution >= 0.6 is 0 Å². The Morgan fingerprint density at radius 3 is 2.21 bits per heavy atom. The third-order valence-corrected chi connectivity index (χ3v) is 4.78. The molecule has 5 heteroatoms. The summed E-state index contributed by atoms with van der Waals surface area (Å²) in [6, 6.07) is 10.8. The molecule has 0 aliphatic carbocycles. The summed E-state index contributed by atoms with van der Waals surface area (Å²) in [4.78, 5) is 9.03. The lowest BCUT2D eigenvalue weighted by Gasteiger charge is -2.39. The number of ether oxygens (including phenoxy) is 2. The molecule has 128 valence electrons. The van der Waals surface area contributed by atoms with Gasteiger partial charge in [0.25, 0.3) is 0 Å². The maximum Gasteiger partial charge on any atom is 0.162 e. The van der Waals surface area contributed by atoms with Crippen LogP contribution in [0.15, 0.2) is 42.7 Å². The smallest absolute Gasteiger partial charge is 0.162 e. The maximum atomic E-state index is 5.42. The van der Waals surface area contributed by atoms with Crippen LogP contribution in [0.25, 0.3) is 0 Å². The van der Waals surface area contributed by atoms with E-state index >= 15 is 0 Å². The van der Waals surface area contributed by atoms with Crippen molar-refractivity contribution in [1.82, 2.24) is 9.88 Å². The Hall–Kier alpha value is -2.27. The predicted octanol–water partition coefficient (Wildman–Crippen LogP) is 2.98. The summed E-state index contributed by atoms with van der Waals surface area (Å²) < 4.78 is 10.7. The number of pyridine rings is 1. The van der Waals surface area contributed by atoms with Gasteiger partial charge >= 0.3 is 0 Å². The van der Waals surface area contributed by atoms with Crippen LogP contribution in [0.3, 0.4) is 0 Å². The van der Waals surface area contributed by atoms with Gasteiger partial charge in [-0.25, -0.2) is 0 Å². The lowest BCUT2D eigenvalue weighted by atomic mass is 10.1. The second-order valence-corrected chi connectivity index (χ2v) is 6.02. The zero-order valence-corrected chi connectivity index (χ0v) is 14.6. The highest BCUT2D eigenvalue weighted by Gasteiger charge is 2.22. The van der Waals surface area contributed by atoms with Gasteiger partial charge < -0.3 is 14.4 Å². The van der Waals surface area contributed by atoms with E-state index in [-0.39, 0.29) is 0 Å². The fourth-order valence-corrected chi connectivity index (χ4v) is 3.24. The SMILES string of the molecule is COc1ccc(N2CCN(C(C)c3ccncc3)CC2)cc1OC. The van der Waals surface area contributed by atoms with Crippen molar-refractivity contribution < 1.29 is 9.47 Å². The molecular weight excluding hydrogens is 302 g/mol. The van der Waals surface area contributed by atoms with E-state index in [1.54, 1.807) is 14.2 Å². The predicted molar refractivity (Wildman–Crippen MR) is 96.0 cm³/mol. The minimum Gasteiger partial charge on any atom is -0.493 e. The number of rotatable bonds is 5. The molecule has 0 saturated carbocycles. The zero-order chi connectivity index (χ0) is 16.9. The van der Waals surface area contributed by atoms with Crippen molar-refractivity contribution in [2.75, 3.05) is 45.3 Å². The fraction of sp³-hybridized carbons (Fsp3) is 0.421. The molecule has 1 atom stereocenters. The Morgan fingerprint density at radius 1 is 0.917 bits per heavy atom. The van der Waals surface area contributed by atoms with E-state index in [4.69, 9.17) is 9.47 Å². The zero-order valence-electron chi connectivity index (χ0n) is 14.6. The first-order valence-electron chi connectivity index (χ1n) is 8.34. The molecule has 0 radical (unpaired) electrons. The first-order valence-corrected chi connectivity index (χ1v) is 8.34. The van der Waals surface area contributed by atoms with Gasteiger partial charge in [0.2, 0.25) is 0 Å². The summed E-state index contributed by atoms with van der Waals surface area (Å²) in [6.07, 6.45) is 3.73. The van der Waals surface area contributed by atoms with Crippen LogP contribution < -0.4 is 14.4 Å². The van der Waals surface area contributed by atoms with Crippen LogP contribution in [0, 0.1) is 0 Å². The van der Waals surface area contributed by atoms with Crippen molar-refractivity contribution in [3.8, 4) is 11.5 Å². The van der Waals surface area contributed by atoms with Gasteiger partial charge in [0.05, 0.1) is 14.2 Å². The molecule has 1 fully saturated rings. The number of benzene rings is 1. The Balaban J connectivity index is 1.65. The number of hydrogen-bond donors (Lipinski definition) is 0. The molecule has 1 saturated heterocycles. The molecule has 0 spiro atoms. The van der Waals surface area contributed by atoms with Gasteiger partial charge in [0, 0.05) is 56.4 Å². The summed E-state index contributed by atoms with van der Waals surface area (Å²) in [5.41, 5.74) is 2.51. The largest absolute Gasteiger partial charge is 0.493 e. The summed E-state index contributed by atoms with van der Waals surface area (Å²) in [5.74, 6) is 1.55. The summed E-state index contributed by atoms with van der Waals surface area (Å²) in [6.45, 7) is 6.35. The van der Waals surface area contributed by atoms with E-state index in [0.717, 1.165) is 37.7 Å². The highest BCUT2D eigenvalue weighted by atomic mass is 16.5. The minimum atomic E-state index is 0.417. The van der Waals surface area contributed by atoms with E-state index in [9.17, 15) is 0 Å². The average Bonchev–Trinajstić information content (AvgIpc) is 2.67. The number of aromatic nitrogens is 1.